The summed E-state index contributed by atoms with van der Waals surface area (Å²) in [4.78, 5) is 12.3. The summed E-state index contributed by atoms with van der Waals surface area (Å²) in [5.41, 5.74) is 3.35. The van der Waals surface area contributed by atoms with Gasteiger partial charge in [0.2, 0.25) is 5.78 Å². The van der Waals surface area contributed by atoms with Crippen LogP contribution in [0.5, 0.6) is 0 Å². The average Bonchev–Trinajstić information content (AvgIpc) is 2.69. The van der Waals surface area contributed by atoms with Crippen molar-refractivity contribution in [1.29, 1.82) is 0 Å². The second-order valence-corrected chi connectivity index (χ2v) is 4.19. The summed E-state index contributed by atoms with van der Waals surface area (Å²) in [5, 5.41) is 4.29. The van der Waals surface area contributed by atoms with Crippen LogP contribution < -0.4 is 0 Å². The highest BCUT2D eigenvalue weighted by molar-refractivity contribution is 6.08. The zero-order valence-electron chi connectivity index (χ0n) is 10.4. The first-order valence-electron chi connectivity index (χ1n) is 5.77. The molecular weight excluding hydrogens is 212 g/mol. The van der Waals surface area contributed by atoms with Crippen LogP contribution in [-0.2, 0) is 6.54 Å². The Labute approximate surface area is 101 Å². The van der Waals surface area contributed by atoms with Gasteiger partial charge in [0.05, 0.1) is 5.69 Å². The van der Waals surface area contributed by atoms with Gasteiger partial charge in [-0.25, -0.2) is 0 Å². The summed E-state index contributed by atoms with van der Waals surface area (Å²) in [6, 6.07) is 9.48. The zero-order valence-corrected chi connectivity index (χ0v) is 10.4. The number of carbonyl (C=O) groups excluding carboxylic acids is 1. The summed E-state index contributed by atoms with van der Waals surface area (Å²) < 4.78 is 1.75. The highest BCUT2D eigenvalue weighted by atomic mass is 16.1. The first kappa shape index (κ1) is 11.6. The fourth-order valence-corrected chi connectivity index (χ4v) is 1.90. The lowest BCUT2D eigenvalue weighted by molar-refractivity contribution is 0.102. The van der Waals surface area contributed by atoms with Crippen LogP contribution >= 0.6 is 0 Å². The van der Waals surface area contributed by atoms with E-state index in [1.54, 1.807) is 4.68 Å². The fraction of sp³-hybridized carbons (Fsp3) is 0.286. The van der Waals surface area contributed by atoms with E-state index in [0.29, 0.717) is 12.2 Å². The molecule has 0 radical (unpaired) electrons. The van der Waals surface area contributed by atoms with E-state index < -0.39 is 0 Å². The number of nitrogens with zero attached hydrogens (tertiary/aromatic N) is 2. The van der Waals surface area contributed by atoms with Gasteiger partial charge in [0.1, 0.15) is 5.69 Å². The molecule has 0 aliphatic heterocycles. The van der Waals surface area contributed by atoms with Gasteiger partial charge in [0, 0.05) is 12.1 Å². The Kier molecular flexibility index (Phi) is 3.09. The quantitative estimate of drug-likeness (QED) is 0.757. The van der Waals surface area contributed by atoms with Crippen molar-refractivity contribution < 1.29 is 4.79 Å². The molecule has 1 heterocycles. The van der Waals surface area contributed by atoms with E-state index in [1.807, 2.05) is 51.1 Å². The van der Waals surface area contributed by atoms with Crippen LogP contribution in [0.4, 0.5) is 0 Å². The Balaban J connectivity index is 2.43. The number of aromatic nitrogens is 2. The first-order chi connectivity index (χ1) is 8.11. The third-order valence-electron chi connectivity index (χ3n) is 2.71. The van der Waals surface area contributed by atoms with Gasteiger partial charge in [0.25, 0.3) is 0 Å². The van der Waals surface area contributed by atoms with Crippen molar-refractivity contribution in [3.63, 3.8) is 0 Å². The lowest BCUT2D eigenvalue weighted by atomic mass is 10.1. The smallest absolute Gasteiger partial charge is 0.211 e. The van der Waals surface area contributed by atoms with Gasteiger partial charge in [-0.2, -0.15) is 5.10 Å². The molecule has 0 saturated carbocycles. The Morgan fingerprint density at radius 1 is 1.29 bits per heavy atom. The Morgan fingerprint density at radius 2 is 2.06 bits per heavy atom. The summed E-state index contributed by atoms with van der Waals surface area (Å²) >= 11 is 0. The lowest BCUT2D eigenvalue weighted by Gasteiger charge is -2.04. The number of aryl methyl sites for hydroxylation is 3. The molecule has 0 N–H and O–H groups in total. The maximum atomic E-state index is 12.3. The molecule has 88 valence electrons. The molecule has 1 aromatic heterocycles. The average molecular weight is 228 g/mol. The van der Waals surface area contributed by atoms with Crippen LogP contribution in [0.1, 0.15) is 34.2 Å². The maximum Gasteiger partial charge on any atom is 0.211 e. The topological polar surface area (TPSA) is 34.9 Å². The van der Waals surface area contributed by atoms with Crippen LogP contribution in [0.2, 0.25) is 0 Å². The molecule has 0 fully saturated rings. The van der Waals surface area contributed by atoms with E-state index in [0.717, 1.165) is 16.8 Å². The third kappa shape index (κ3) is 2.28. The minimum absolute atomic E-state index is 0.0381. The van der Waals surface area contributed by atoms with Gasteiger partial charge in [-0.05, 0) is 32.9 Å². The lowest BCUT2D eigenvalue weighted by Crippen LogP contribution is -2.10. The van der Waals surface area contributed by atoms with Crippen molar-refractivity contribution in [3.05, 3.63) is 52.8 Å². The van der Waals surface area contributed by atoms with Crippen molar-refractivity contribution in [2.75, 3.05) is 0 Å². The van der Waals surface area contributed by atoms with Crippen molar-refractivity contribution in [1.82, 2.24) is 9.78 Å². The fourth-order valence-electron chi connectivity index (χ4n) is 1.90. The van der Waals surface area contributed by atoms with E-state index in [1.165, 1.54) is 0 Å². The Hall–Kier alpha value is -1.90. The first-order valence-corrected chi connectivity index (χ1v) is 5.77. The Morgan fingerprint density at radius 3 is 2.71 bits per heavy atom. The van der Waals surface area contributed by atoms with E-state index in [2.05, 4.69) is 5.10 Å². The predicted octanol–water partition coefficient (Wildman–Crippen LogP) is 2.75. The highest BCUT2D eigenvalue weighted by Gasteiger charge is 2.14. The molecule has 2 aromatic rings. The minimum Gasteiger partial charge on any atom is -0.287 e. The van der Waals surface area contributed by atoms with Crippen LogP contribution in [0, 0.1) is 13.8 Å². The van der Waals surface area contributed by atoms with Crippen LogP contribution in [0.25, 0.3) is 0 Å². The zero-order chi connectivity index (χ0) is 12.4. The molecule has 0 bridgehead atoms. The second kappa shape index (κ2) is 4.53. The van der Waals surface area contributed by atoms with Gasteiger partial charge in [0.15, 0.2) is 0 Å². The maximum absolute atomic E-state index is 12.3. The number of hydrogen-bond acceptors (Lipinski definition) is 2. The molecule has 0 aliphatic carbocycles. The van der Waals surface area contributed by atoms with Crippen molar-refractivity contribution in [3.8, 4) is 0 Å². The highest BCUT2D eigenvalue weighted by Crippen LogP contribution is 2.12. The van der Waals surface area contributed by atoms with Crippen molar-refractivity contribution in [2.24, 2.45) is 0 Å². The molecule has 1 aromatic carbocycles. The molecule has 3 nitrogen and oxygen atoms in total. The normalized spacial score (nSPS) is 10.5. The molecule has 0 spiro atoms. The predicted molar refractivity (Wildman–Crippen MR) is 67.2 cm³/mol. The SMILES string of the molecule is CCn1nc(C)cc1C(=O)c1cccc(C)c1. The number of hydrogen-bond donors (Lipinski definition) is 0. The summed E-state index contributed by atoms with van der Waals surface area (Å²) in [5.74, 6) is 0.0381. The third-order valence-corrected chi connectivity index (χ3v) is 2.71. The second-order valence-electron chi connectivity index (χ2n) is 4.19. The van der Waals surface area contributed by atoms with Crippen molar-refractivity contribution >= 4 is 5.78 Å². The molecular formula is C14H16N2O. The molecule has 0 unspecified atom stereocenters. The van der Waals surface area contributed by atoms with Gasteiger partial charge < -0.3 is 0 Å². The standard InChI is InChI=1S/C14H16N2O/c1-4-16-13(9-11(3)15-16)14(17)12-7-5-6-10(2)8-12/h5-9H,4H2,1-3H3. The van der Waals surface area contributed by atoms with E-state index >= 15 is 0 Å². The minimum atomic E-state index is 0.0381. The summed E-state index contributed by atoms with van der Waals surface area (Å²) in [7, 11) is 0. The van der Waals surface area contributed by atoms with Crippen LogP contribution in [0.3, 0.4) is 0 Å². The molecule has 0 saturated heterocycles. The van der Waals surface area contributed by atoms with E-state index in [4.69, 9.17) is 0 Å². The largest absolute Gasteiger partial charge is 0.287 e. The number of rotatable bonds is 3. The van der Waals surface area contributed by atoms with Crippen LogP contribution in [0.15, 0.2) is 30.3 Å². The summed E-state index contributed by atoms with van der Waals surface area (Å²) in [6.45, 7) is 6.58. The summed E-state index contributed by atoms with van der Waals surface area (Å²) in [6.07, 6.45) is 0. The van der Waals surface area contributed by atoms with Gasteiger partial charge >= 0.3 is 0 Å². The van der Waals surface area contributed by atoms with Gasteiger partial charge in [-0.1, -0.05) is 23.8 Å². The molecule has 0 atom stereocenters. The number of benzene rings is 1. The molecule has 3 heteroatoms. The molecule has 0 amide bonds. The Bertz CT molecular complexity index is 555. The van der Waals surface area contributed by atoms with Gasteiger partial charge in [-0.15, -0.1) is 0 Å². The molecule has 17 heavy (non-hydrogen) atoms. The van der Waals surface area contributed by atoms with Crippen LogP contribution in [-0.4, -0.2) is 15.6 Å². The van der Waals surface area contributed by atoms with Crippen molar-refractivity contribution in [2.45, 2.75) is 27.3 Å². The van der Waals surface area contributed by atoms with E-state index in [9.17, 15) is 4.79 Å². The van der Waals surface area contributed by atoms with E-state index in [-0.39, 0.29) is 5.78 Å². The van der Waals surface area contributed by atoms with Gasteiger partial charge in [-0.3, -0.25) is 9.48 Å². The molecule has 2 rings (SSSR count). The molecule has 0 aliphatic rings. The monoisotopic (exact) mass is 228 g/mol. The number of carbonyl (C=O) groups is 1. The number of ketones is 1.